The number of benzene rings is 3. The van der Waals surface area contributed by atoms with E-state index < -0.39 is 0 Å². The Morgan fingerprint density at radius 1 is 0.906 bits per heavy atom. The van der Waals surface area contributed by atoms with E-state index in [2.05, 4.69) is 59.5 Å². The third kappa shape index (κ3) is 4.86. The number of esters is 1. The first-order valence-electron chi connectivity index (χ1n) is 11.3. The van der Waals surface area contributed by atoms with Crippen molar-refractivity contribution in [1.29, 1.82) is 0 Å². The summed E-state index contributed by atoms with van der Waals surface area (Å²) in [6, 6.07) is 26.9. The van der Waals surface area contributed by atoms with Crippen molar-refractivity contribution < 1.29 is 14.3 Å². The molecule has 4 rings (SSSR count). The summed E-state index contributed by atoms with van der Waals surface area (Å²) in [6.07, 6.45) is 2.79. The highest BCUT2D eigenvalue weighted by Crippen LogP contribution is 2.35. The van der Waals surface area contributed by atoms with Crippen molar-refractivity contribution in [3.8, 4) is 11.1 Å². The van der Waals surface area contributed by atoms with Crippen LogP contribution in [0.15, 0.2) is 78.9 Å². The van der Waals surface area contributed by atoms with Crippen molar-refractivity contribution >= 4 is 11.7 Å². The predicted molar refractivity (Wildman–Crippen MR) is 129 cm³/mol. The second-order valence-corrected chi connectivity index (χ2v) is 8.34. The smallest absolute Gasteiger partial charge is 0.338 e. The Kier molecular flexibility index (Phi) is 6.91. The lowest BCUT2D eigenvalue weighted by molar-refractivity contribution is -0.0288. The highest BCUT2D eigenvalue weighted by atomic mass is 16.5. The number of methoxy groups -OCH3 is 1. The van der Waals surface area contributed by atoms with Gasteiger partial charge in [0.2, 0.25) is 0 Å². The van der Waals surface area contributed by atoms with Crippen molar-refractivity contribution in [3.63, 3.8) is 0 Å². The van der Waals surface area contributed by atoms with Gasteiger partial charge in [0.1, 0.15) is 0 Å². The molecule has 1 heterocycles. The van der Waals surface area contributed by atoms with E-state index in [1.807, 2.05) is 38.3 Å². The van der Waals surface area contributed by atoms with Crippen LogP contribution in [0.25, 0.3) is 11.1 Å². The number of nitrogens with zero attached hydrogens (tertiary/aromatic N) is 1. The average molecular weight is 430 g/mol. The topological polar surface area (TPSA) is 38.8 Å². The van der Waals surface area contributed by atoms with E-state index in [9.17, 15) is 4.79 Å². The van der Waals surface area contributed by atoms with Gasteiger partial charge in [-0.2, -0.15) is 0 Å². The first kappa shape index (κ1) is 22.1. The highest BCUT2D eigenvalue weighted by molar-refractivity contribution is 5.89. The van der Waals surface area contributed by atoms with E-state index >= 15 is 0 Å². The SMILES string of the molecule is CCOC(=O)c1ccc(N2CCC(Cc3ccccc3-c3ccccc3)(OC)CC2)cc1. The van der Waals surface area contributed by atoms with Crippen LogP contribution in [-0.4, -0.2) is 38.4 Å². The lowest BCUT2D eigenvalue weighted by Gasteiger charge is -2.42. The molecule has 0 amide bonds. The Bertz CT molecular complexity index is 1020. The maximum absolute atomic E-state index is 11.9. The summed E-state index contributed by atoms with van der Waals surface area (Å²) in [6.45, 7) is 4.04. The molecule has 1 fully saturated rings. The van der Waals surface area contributed by atoms with E-state index in [-0.39, 0.29) is 11.6 Å². The summed E-state index contributed by atoms with van der Waals surface area (Å²) in [5, 5.41) is 0. The van der Waals surface area contributed by atoms with Gasteiger partial charge >= 0.3 is 5.97 Å². The van der Waals surface area contributed by atoms with E-state index in [0.29, 0.717) is 12.2 Å². The van der Waals surface area contributed by atoms with Gasteiger partial charge in [0, 0.05) is 32.3 Å². The van der Waals surface area contributed by atoms with Gasteiger partial charge in [-0.25, -0.2) is 4.79 Å². The fourth-order valence-electron chi connectivity index (χ4n) is 4.57. The van der Waals surface area contributed by atoms with Gasteiger partial charge in [-0.15, -0.1) is 0 Å². The second kappa shape index (κ2) is 10.0. The molecular weight excluding hydrogens is 398 g/mol. The Hall–Kier alpha value is -3.11. The molecule has 1 aliphatic heterocycles. The summed E-state index contributed by atoms with van der Waals surface area (Å²) >= 11 is 0. The maximum atomic E-state index is 11.9. The number of piperidine rings is 1. The number of carbonyl (C=O) groups excluding carboxylic acids is 1. The van der Waals surface area contributed by atoms with Gasteiger partial charge in [-0.05, 0) is 60.7 Å². The monoisotopic (exact) mass is 429 g/mol. The first-order valence-corrected chi connectivity index (χ1v) is 11.3. The zero-order valence-electron chi connectivity index (χ0n) is 18.9. The van der Waals surface area contributed by atoms with Crippen molar-refractivity contribution in [2.75, 3.05) is 31.7 Å². The minimum Gasteiger partial charge on any atom is -0.462 e. The molecule has 4 nitrogen and oxygen atoms in total. The zero-order valence-corrected chi connectivity index (χ0v) is 18.9. The molecule has 3 aromatic carbocycles. The molecule has 0 atom stereocenters. The number of hydrogen-bond acceptors (Lipinski definition) is 4. The largest absolute Gasteiger partial charge is 0.462 e. The molecule has 0 unspecified atom stereocenters. The highest BCUT2D eigenvalue weighted by Gasteiger charge is 2.35. The lowest BCUT2D eigenvalue weighted by atomic mass is 9.82. The van der Waals surface area contributed by atoms with E-state index in [0.717, 1.165) is 38.0 Å². The Balaban J connectivity index is 1.46. The summed E-state index contributed by atoms with van der Waals surface area (Å²) in [7, 11) is 1.84. The van der Waals surface area contributed by atoms with Crippen LogP contribution in [0.5, 0.6) is 0 Å². The van der Waals surface area contributed by atoms with Crippen LogP contribution in [0.1, 0.15) is 35.7 Å². The van der Waals surface area contributed by atoms with E-state index in [1.165, 1.54) is 16.7 Å². The molecule has 0 saturated carbocycles. The first-order chi connectivity index (χ1) is 15.6. The van der Waals surface area contributed by atoms with Crippen LogP contribution < -0.4 is 4.90 Å². The minimum atomic E-state index is -0.270. The fraction of sp³-hybridized carbons (Fsp3) is 0.321. The molecule has 0 N–H and O–H groups in total. The summed E-state index contributed by atoms with van der Waals surface area (Å²) < 4.78 is 11.2. The second-order valence-electron chi connectivity index (χ2n) is 8.34. The molecule has 4 heteroatoms. The van der Waals surface area contributed by atoms with Crippen LogP contribution in [0.3, 0.4) is 0 Å². The number of anilines is 1. The fourth-order valence-corrected chi connectivity index (χ4v) is 4.57. The molecule has 3 aromatic rings. The molecule has 166 valence electrons. The van der Waals surface area contributed by atoms with Crippen LogP contribution in [0, 0.1) is 0 Å². The van der Waals surface area contributed by atoms with E-state index in [4.69, 9.17) is 9.47 Å². The number of ether oxygens (including phenoxy) is 2. The number of hydrogen-bond donors (Lipinski definition) is 0. The molecule has 0 aromatic heterocycles. The lowest BCUT2D eigenvalue weighted by Crippen LogP contribution is -2.47. The molecule has 32 heavy (non-hydrogen) atoms. The Morgan fingerprint density at radius 3 is 2.22 bits per heavy atom. The van der Waals surface area contributed by atoms with Crippen molar-refractivity contribution in [1.82, 2.24) is 0 Å². The molecule has 0 aliphatic carbocycles. The van der Waals surface area contributed by atoms with Gasteiger partial charge < -0.3 is 14.4 Å². The van der Waals surface area contributed by atoms with Crippen LogP contribution in [-0.2, 0) is 15.9 Å². The van der Waals surface area contributed by atoms with Crippen LogP contribution in [0.4, 0.5) is 5.69 Å². The van der Waals surface area contributed by atoms with Crippen LogP contribution in [0.2, 0.25) is 0 Å². The van der Waals surface area contributed by atoms with Gasteiger partial charge in [-0.3, -0.25) is 0 Å². The van der Waals surface area contributed by atoms with Crippen molar-refractivity contribution in [2.45, 2.75) is 31.8 Å². The molecule has 1 saturated heterocycles. The van der Waals surface area contributed by atoms with Gasteiger partial charge in [0.05, 0.1) is 17.8 Å². The quantitative estimate of drug-likeness (QED) is 0.448. The Morgan fingerprint density at radius 2 is 1.56 bits per heavy atom. The standard InChI is InChI=1S/C28H31NO3/c1-3-32-27(30)23-13-15-25(16-14-23)29-19-17-28(31-2,18-20-29)21-24-11-7-8-12-26(24)22-9-5-4-6-10-22/h4-16H,3,17-21H2,1-2H3. The molecule has 0 bridgehead atoms. The summed E-state index contributed by atoms with van der Waals surface area (Å²) in [5.74, 6) is -0.270. The molecule has 0 radical (unpaired) electrons. The summed E-state index contributed by atoms with van der Waals surface area (Å²) in [5.41, 5.74) is 5.40. The van der Waals surface area contributed by atoms with E-state index in [1.54, 1.807) is 0 Å². The molecule has 1 aliphatic rings. The van der Waals surface area contributed by atoms with Crippen molar-refractivity contribution in [3.05, 3.63) is 90.0 Å². The maximum Gasteiger partial charge on any atom is 0.338 e. The normalized spacial score (nSPS) is 15.4. The zero-order chi connectivity index (χ0) is 22.4. The van der Waals surface area contributed by atoms with Gasteiger partial charge in [0.15, 0.2) is 0 Å². The van der Waals surface area contributed by atoms with Gasteiger partial charge in [0.25, 0.3) is 0 Å². The minimum absolute atomic E-state index is 0.174. The third-order valence-electron chi connectivity index (χ3n) is 6.47. The van der Waals surface area contributed by atoms with Crippen LogP contribution >= 0.6 is 0 Å². The summed E-state index contributed by atoms with van der Waals surface area (Å²) in [4.78, 5) is 14.3. The van der Waals surface area contributed by atoms with Gasteiger partial charge in [-0.1, -0.05) is 54.6 Å². The molecular formula is C28H31NO3. The number of rotatable bonds is 7. The van der Waals surface area contributed by atoms with Crippen molar-refractivity contribution in [2.24, 2.45) is 0 Å². The average Bonchev–Trinajstić information content (AvgIpc) is 2.86. The third-order valence-corrected chi connectivity index (χ3v) is 6.47. The molecule has 0 spiro atoms. The Labute approximate surface area is 190 Å². The predicted octanol–water partition coefficient (Wildman–Crippen LogP) is 5.76. The number of carbonyl (C=O) groups is 1.